The first-order chi connectivity index (χ1) is 15.4. The number of carbonyl (C=O) groups is 2. The average Bonchev–Trinajstić information content (AvgIpc) is 3.27. The number of rotatable bonds is 6. The summed E-state index contributed by atoms with van der Waals surface area (Å²) in [5.41, 5.74) is 2.17. The summed E-state index contributed by atoms with van der Waals surface area (Å²) in [7, 11) is 0. The van der Waals surface area contributed by atoms with Crippen LogP contribution < -0.4 is 25.4 Å². The normalized spacial score (nSPS) is 16.5. The number of anilines is 1. The Labute approximate surface area is 188 Å². The summed E-state index contributed by atoms with van der Waals surface area (Å²) in [5.74, 6) is 1.41. The second-order valence-corrected chi connectivity index (χ2v) is 8.86. The topological polar surface area (TPSA) is 88.7 Å². The minimum absolute atomic E-state index is 0.0321. The van der Waals surface area contributed by atoms with Crippen LogP contribution in [-0.2, 0) is 5.41 Å². The molecule has 0 bridgehead atoms. The molecule has 2 aliphatic rings. The van der Waals surface area contributed by atoms with Gasteiger partial charge < -0.3 is 25.4 Å². The van der Waals surface area contributed by atoms with Crippen molar-refractivity contribution in [3.8, 4) is 11.5 Å². The van der Waals surface area contributed by atoms with Gasteiger partial charge in [-0.1, -0.05) is 25.0 Å². The van der Waals surface area contributed by atoms with Gasteiger partial charge in [-0.3, -0.25) is 4.79 Å². The molecule has 0 atom stereocenters. The monoisotopic (exact) mass is 437 g/mol. The number of amides is 3. The molecule has 0 spiro atoms. The highest BCUT2D eigenvalue weighted by Crippen LogP contribution is 2.43. The van der Waals surface area contributed by atoms with Crippen molar-refractivity contribution in [1.82, 2.24) is 10.6 Å². The van der Waals surface area contributed by atoms with E-state index in [9.17, 15) is 9.59 Å². The largest absolute Gasteiger partial charge is 0.486 e. The molecule has 1 heterocycles. The molecule has 0 aromatic heterocycles. The summed E-state index contributed by atoms with van der Waals surface area (Å²) >= 11 is 0. The predicted octanol–water partition coefficient (Wildman–Crippen LogP) is 4.23. The lowest BCUT2D eigenvalue weighted by molar-refractivity contribution is 0.0943. The van der Waals surface area contributed by atoms with E-state index in [0.29, 0.717) is 31.0 Å². The van der Waals surface area contributed by atoms with Gasteiger partial charge in [0.15, 0.2) is 11.5 Å². The van der Waals surface area contributed by atoms with Gasteiger partial charge in [-0.2, -0.15) is 0 Å². The summed E-state index contributed by atoms with van der Waals surface area (Å²) in [6.07, 6.45) is 4.30. The standard InChI is InChI=1S/C25H31N3O4/c1-17(2)27-24(30)28-20-7-5-6-18(14-20)23(29)26-16-25(10-3-4-11-25)19-8-9-21-22(15-19)32-13-12-31-21/h5-9,14-15,17H,3-4,10-13,16H2,1-2H3,(H,26,29)(H2,27,28,30). The summed E-state index contributed by atoms with van der Waals surface area (Å²) in [5, 5.41) is 8.68. The maximum atomic E-state index is 12.9. The Hall–Kier alpha value is -3.22. The van der Waals surface area contributed by atoms with Crippen LogP contribution in [0.5, 0.6) is 11.5 Å². The fourth-order valence-electron chi connectivity index (χ4n) is 4.51. The van der Waals surface area contributed by atoms with Gasteiger partial charge in [-0.05, 0) is 62.6 Å². The van der Waals surface area contributed by atoms with Crippen LogP contribution in [0, 0.1) is 0 Å². The van der Waals surface area contributed by atoms with Crippen molar-refractivity contribution in [2.75, 3.05) is 25.1 Å². The molecule has 7 heteroatoms. The minimum Gasteiger partial charge on any atom is -0.486 e. The Morgan fingerprint density at radius 2 is 1.75 bits per heavy atom. The molecule has 0 unspecified atom stereocenters. The number of fused-ring (bicyclic) bond motifs is 1. The second kappa shape index (κ2) is 9.51. The smallest absolute Gasteiger partial charge is 0.319 e. The third kappa shape index (κ3) is 4.98. The van der Waals surface area contributed by atoms with Crippen LogP contribution in [0.4, 0.5) is 10.5 Å². The quantitative estimate of drug-likeness (QED) is 0.631. The van der Waals surface area contributed by atoms with Crippen molar-refractivity contribution in [2.45, 2.75) is 51.0 Å². The first-order valence-electron chi connectivity index (χ1n) is 11.3. The zero-order chi connectivity index (χ0) is 22.6. The van der Waals surface area contributed by atoms with Crippen LogP contribution in [0.15, 0.2) is 42.5 Å². The van der Waals surface area contributed by atoms with Crippen molar-refractivity contribution >= 4 is 17.6 Å². The molecule has 1 aliphatic heterocycles. The number of hydrogen-bond acceptors (Lipinski definition) is 4. The van der Waals surface area contributed by atoms with Crippen molar-refractivity contribution < 1.29 is 19.1 Å². The van der Waals surface area contributed by atoms with Crippen molar-refractivity contribution in [3.05, 3.63) is 53.6 Å². The Morgan fingerprint density at radius 1 is 1.00 bits per heavy atom. The first-order valence-corrected chi connectivity index (χ1v) is 11.3. The highest BCUT2D eigenvalue weighted by atomic mass is 16.6. The van der Waals surface area contributed by atoms with Crippen LogP contribution in [-0.4, -0.2) is 37.7 Å². The molecule has 7 nitrogen and oxygen atoms in total. The number of urea groups is 1. The van der Waals surface area contributed by atoms with E-state index in [4.69, 9.17) is 9.47 Å². The van der Waals surface area contributed by atoms with Crippen molar-refractivity contribution in [3.63, 3.8) is 0 Å². The van der Waals surface area contributed by atoms with Crippen molar-refractivity contribution in [2.24, 2.45) is 0 Å². The zero-order valence-corrected chi connectivity index (χ0v) is 18.7. The third-order valence-corrected chi connectivity index (χ3v) is 6.10. The maximum Gasteiger partial charge on any atom is 0.319 e. The molecule has 0 radical (unpaired) electrons. The van der Waals surface area contributed by atoms with E-state index < -0.39 is 0 Å². The molecular weight excluding hydrogens is 406 g/mol. The van der Waals surface area contributed by atoms with Gasteiger partial charge >= 0.3 is 6.03 Å². The number of benzene rings is 2. The predicted molar refractivity (Wildman–Crippen MR) is 124 cm³/mol. The summed E-state index contributed by atoms with van der Waals surface area (Å²) in [4.78, 5) is 24.9. The first kappa shape index (κ1) is 22.0. The van der Waals surface area contributed by atoms with Gasteiger partial charge in [0.2, 0.25) is 0 Å². The van der Waals surface area contributed by atoms with E-state index in [1.54, 1.807) is 24.3 Å². The van der Waals surface area contributed by atoms with Crippen LogP contribution >= 0.6 is 0 Å². The minimum atomic E-state index is -0.291. The van der Waals surface area contributed by atoms with Gasteiger partial charge in [0.05, 0.1) is 0 Å². The highest BCUT2D eigenvalue weighted by molar-refractivity contribution is 5.97. The molecule has 3 amide bonds. The number of carbonyl (C=O) groups excluding carboxylic acids is 2. The maximum absolute atomic E-state index is 12.9. The lowest BCUT2D eigenvalue weighted by Crippen LogP contribution is -2.39. The second-order valence-electron chi connectivity index (χ2n) is 8.86. The molecule has 2 aromatic rings. The number of ether oxygens (including phenoxy) is 2. The molecule has 1 saturated carbocycles. The molecule has 1 fully saturated rings. The lowest BCUT2D eigenvalue weighted by atomic mass is 9.78. The highest BCUT2D eigenvalue weighted by Gasteiger charge is 2.37. The number of nitrogens with one attached hydrogen (secondary N) is 3. The Balaban J connectivity index is 1.45. The van der Waals surface area contributed by atoms with E-state index in [-0.39, 0.29) is 23.4 Å². The Morgan fingerprint density at radius 3 is 2.50 bits per heavy atom. The van der Waals surface area contributed by atoms with Crippen LogP contribution in [0.2, 0.25) is 0 Å². The molecule has 170 valence electrons. The molecule has 2 aromatic carbocycles. The van der Waals surface area contributed by atoms with E-state index in [1.807, 2.05) is 19.9 Å². The zero-order valence-electron chi connectivity index (χ0n) is 18.7. The fraction of sp³-hybridized carbons (Fsp3) is 0.440. The van der Waals surface area contributed by atoms with E-state index in [1.165, 1.54) is 5.56 Å². The van der Waals surface area contributed by atoms with E-state index in [0.717, 1.165) is 37.2 Å². The summed E-state index contributed by atoms with van der Waals surface area (Å²) in [6, 6.07) is 12.9. The fourth-order valence-corrected chi connectivity index (χ4v) is 4.51. The van der Waals surface area contributed by atoms with E-state index >= 15 is 0 Å². The van der Waals surface area contributed by atoms with Gasteiger partial charge in [-0.15, -0.1) is 0 Å². The molecule has 1 aliphatic carbocycles. The SMILES string of the molecule is CC(C)NC(=O)Nc1cccc(C(=O)NCC2(c3ccc4c(c3)OCCO4)CCCC2)c1. The molecule has 3 N–H and O–H groups in total. The van der Waals surface area contributed by atoms with Crippen LogP contribution in [0.25, 0.3) is 0 Å². The molecular formula is C25H31N3O4. The van der Waals surface area contributed by atoms with Crippen LogP contribution in [0.1, 0.15) is 55.5 Å². The molecule has 0 saturated heterocycles. The lowest BCUT2D eigenvalue weighted by Gasteiger charge is -2.31. The summed E-state index contributed by atoms with van der Waals surface area (Å²) < 4.78 is 11.4. The van der Waals surface area contributed by atoms with Gasteiger partial charge in [0, 0.05) is 29.3 Å². The molecule has 4 rings (SSSR count). The Bertz CT molecular complexity index is 983. The summed E-state index contributed by atoms with van der Waals surface area (Å²) in [6.45, 7) is 5.46. The van der Waals surface area contributed by atoms with Gasteiger partial charge in [0.1, 0.15) is 13.2 Å². The number of hydrogen-bond donors (Lipinski definition) is 3. The molecule has 32 heavy (non-hydrogen) atoms. The van der Waals surface area contributed by atoms with Gasteiger partial charge in [0.25, 0.3) is 5.91 Å². The van der Waals surface area contributed by atoms with Crippen molar-refractivity contribution in [1.29, 1.82) is 0 Å². The van der Waals surface area contributed by atoms with Crippen LogP contribution in [0.3, 0.4) is 0 Å². The van der Waals surface area contributed by atoms with Gasteiger partial charge in [-0.25, -0.2) is 4.79 Å². The average molecular weight is 438 g/mol. The Kier molecular flexibility index (Phi) is 6.53. The third-order valence-electron chi connectivity index (χ3n) is 6.10. The van der Waals surface area contributed by atoms with E-state index in [2.05, 4.69) is 28.1 Å².